The Morgan fingerprint density at radius 1 is 1.29 bits per heavy atom. The number of likely N-dealkylation sites (N-methyl/N-ethyl adjacent to an activating group) is 1. The predicted molar refractivity (Wildman–Crippen MR) is 66.2 cm³/mol. The molecule has 3 rings (SSSR count). The van der Waals surface area contributed by atoms with Gasteiger partial charge in [0.05, 0.1) is 5.60 Å². The number of benzene rings is 1. The van der Waals surface area contributed by atoms with E-state index in [9.17, 15) is 4.79 Å². The van der Waals surface area contributed by atoms with Gasteiger partial charge in [0.1, 0.15) is 5.41 Å². The van der Waals surface area contributed by atoms with Crippen molar-refractivity contribution in [2.75, 3.05) is 18.6 Å². The van der Waals surface area contributed by atoms with E-state index in [4.69, 9.17) is 4.74 Å². The first kappa shape index (κ1) is 10.8. The largest absolute Gasteiger partial charge is 0.374 e. The molecular weight excluding hydrogens is 214 g/mol. The fourth-order valence-electron chi connectivity index (χ4n) is 3.34. The van der Waals surface area contributed by atoms with Crippen LogP contribution in [0.2, 0.25) is 0 Å². The summed E-state index contributed by atoms with van der Waals surface area (Å²) in [5.41, 5.74) is 1.23. The van der Waals surface area contributed by atoms with Crippen molar-refractivity contribution in [1.82, 2.24) is 0 Å². The van der Waals surface area contributed by atoms with Crippen LogP contribution in [0.5, 0.6) is 0 Å². The summed E-state index contributed by atoms with van der Waals surface area (Å²) >= 11 is 0. The number of fused-ring (bicyclic) bond motifs is 2. The Morgan fingerprint density at radius 2 is 2.00 bits per heavy atom. The van der Waals surface area contributed by atoms with Gasteiger partial charge in [-0.25, -0.2) is 0 Å². The molecule has 1 fully saturated rings. The second-order valence-electron chi connectivity index (χ2n) is 5.40. The maximum absolute atomic E-state index is 12.6. The highest BCUT2D eigenvalue weighted by molar-refractivity contribution is 6.08. The van der Waals surface area contributed by atoms with Crippen LogP contribution in [-0.4, -0.2) is 25.2 Å². The standard InChI is InChI=1S/C14H17NO2/c1-13(2)14(8-9-17-13)10-6-4-5-7-11(10)15(3)12(14)16/h4-7H,8-9H2,1-3H3. The fourth-order valence-corrected chi connectivity index (χ4v) is 3.34. The highest BCUT2D eigenvalue weighted by Crippen LogP contribution is 2.53. The molecule has 1 spiro atoms. The lowest BCUT2D eigenvalue weighted by molar-refractivity contribution is -0.128. The number of para-hydroxylation sites is 1. The van der Waals surface area contributed by atoms with Gasteiger partial charge in [-0.05, 0) is 31.9 Å². The lowest BCUT2D eigenvalue weighted by atomic mass is 9.69. The van der Waals surface area contributed by atoms with Crippen molar-refractivity contribution in [2.24, 2.45) is 0 Å². The van der Waals surface area contributed by atoms with Gasteiger partial charge < -0.3 is 9.64 Å². The minimum absolute atomic E-state index is 0.168. The van der Waals surface area contributed by atoms with Crippen molar-refractivity contribution in [1.29, 1.82) is 0 Å². The van der Waals surface area contributed by atoms with Gasteiger partial charge in [0, 0.05) is 19.3 Å². The molecule has 3 heteroatoms. The summed E-state index contributed by atoms with van der Waals surface area (Å²) in [5, 5.41) is 0. The van der Waals surface area contributed by atoms with Crippen LogP contribution in [0.15, 0.2) is 24.3 Å². The summed E-state index contributed by atoms with van der Waals surface area (Å²) in [4.78, 5) is 14.4. The number of nitrogens with zero attached hydrogens (tertiary/aromatic N) is 1. The predicted octanol–water partition coefficient (Wildman–Crippen LogP) is 2.10. The Balaban J connectivity index is 2.29. The van der Waals surface area contributed by atoms with E-state index in [-0.39, 0.29) is 5.91 Å². The third kappa shape index (κ3) is 1.08. The number of amides is 1. The highest BCUT2D eigenvalue weighted by atomic mass is 16.5. The maximum Gasteiger partial charge on any atom is 0.240 e. The Hall–Kier alpha value is -1.35. The van der Waals surface area contributed by atoms with E-state index in [1.807, 2.05) is 39.1 Å². The van der Waals surface area contributed by atoms with Gasteiger partial charge in [-0.15, -0.1) is 0 Å². The molecule has 2 aliphatic heterocycles. The van der Waals surface area contributed by atoms with E-state index >= 15 is 0 Å². The molecule has 0 aliphatic carbocycles. The van der Waals surface area contributed by atoms with Crippen LogP contribution < -0.4 is 4.90 Å². The molecule has 0 aromatic heterocycles. The normalized spacial score (nSPS) is 30.1. The number of rotatable bonds is 0. The molecule has 1 amide bonds. The van der Waals surface area contributed by atoms with E-state index in [0.29, 0.717) is 6.61 Å². The molecule has 1 aromatic carbocycles. The van der Waals surface area contributed by atoms with E-state index in [0.717, 1.165) is 17.7 Å². The fraction of sp³-hybridized carbons (Fsp3) is 0.500. The van der Waals surface area contributed by atoms with Crippen LogP contribution in [0.1, 0.15) is 25.8 Å². The smallest absolute Gasteiger partial charge is 0.240 e. The second kappa shape index (κ2) is 3.10. The second-order valence-corrected chi connectivity index (χ2v) is 5.40. The first-order chi connectivity index (χ1) is 8.01. The van der Waals surface area contributed by atoms with Gasteiger partial charge >= 0.3 is 0 Å². The first-order valence-electron chi connectivity index (χ1n) is 6.02. The van der Waals surface area contributed by atoms with Gasteiger partial charge in [-0.3, -0.25) is 4.79 Å². The highest BCUT2D eigenvalue weighted by Gasteiger charge is 2.61. The maximum atomic E-state index is 12.6. The molecule has 2 heterocycles. The molecular formula is C14H17NO2. The Morgan fingerprint density at radius 3 is 2.65 bits per heavy atom. The molecule has 17 heavy (non-hydrogen) atoms. The van der Waals surface area contributed by atoms with Crippen molar-refractivity contribution < 1.29 is 9.53 Å². The van der Waals surface area contributed by atoms with E-state index in [1.54, 1.807) is 4.90 Å². The minimum Gasteiger partial charge on any atom is -0.374 e. The third-order valence-corrected chi connectivity index (χ3v) is 4.36. The summed E-state index contributed by atoms with van der Waals surface area (Å²) in [6.45, 7) is 4.70. The van der Waals surface area contributed by atoms with Crippen LogP contribution in [-0.2, 0) is 14.9 Å². The van der Waals surface area contributed by atoms with Gasteiger partial charge in [-0.1, -0.05) is 18.2 Å². The SMILES string of the molecule is CN1C(=O)C2(CCOC2(C)C)c2ccccc21. The Labute approximate surface area is 101 Å². The van der Waals surface area contributed by atoms with Crippen molar-refractivity contribution >= 4 is 11.6 Å². The first-order valence-corrected chi connectivity index (χ1v) is 6.02. The lowest BCUT2D eigenvalue weighted by Crippen LogP contribution is -2.50. The number of carbonyl (C=O) groups is 1. The summed E-state index contributed by atoms with van der Waals surface area (Å²) in [6.07, 6.45) is 0.778. The van der Waals surface area contributed by atoms with E-state index in [2.05, 4.69) is 6.07 Å². The summed E-state index contributed by atoms with van der Waals surface area (Å²) in [5.74, 6) is 0.168. The summed E-state index contributed by atoms with van der Waals surface area (Å²) in [7, 11) is 1.85. The number of carbonyl (C=O) groups excluding carboxylic acids is 1. The van der Waals surface area contributed by atoms with Crippen LogP contribution in [0, 0.1) is 0 Å². The van der Waals surface area contributed by atoms with Gasteiger partial charge in [0.15, 0.2) is 0 Å². The molecule has 1 saturated heterocycles. The van der Waals surface area contributed by atoms with Crippen molar-refractivity contribution in [2.45, 2.75) is 31.3 Å². The number of hydrogen-bond donors (Lipinski definition) is 0. The zero-order chi connectivity index (χ0) is 12.3. The average molecular weight is 231 g/mol. The molecule has 3 nitrogen and oxygen atoms in total. The topological polar surface area (TPSA) is 29.5 Å². The van der Waals surface area contributed by atoms with Gasteiger partial charge in [0.25, 0.3) is 0 Å². The van der Waals surface area contributed by atoms with Crippen molar-refractivity contribution in [3.05, 3.63) is 29.8 Å². The molecule has 90 valence electrons. The van der Waals surface area contributed by atoms with Gasteiger partial charge in [-0.2, -0.15) is 0 Å². The molecule has 0 saturated carbocycles. The van der Waals surface area contributed by atoms with Crippen LogP contribution >= 0.6 is 0 Å². The average Bonchev–Trinajstić information content (AvgIpc) is 2.73. The molecule has 0 bridgehead atoms. The lowest BCUT2D eigenvalue weighted by Gasteiger charge is -2.35. The van der Waals surface area contributed by atoms with Gasteiger partial charge in [0.2, 0.25) is 5.91 Å². The molecule has 2 aliphatic rings. The monoisotopic (exact) mass is 231 g/mol. The minimum atomic E-state index is -0.488. The molecule has 1 unspecified atom stereocenters. The third-order valence-electron chi connectivity index (χ3n) is 4.36. The molecule has 1 atom stereocenters. The molecule has 1 aromatic rings. The number of ether oxygens (including phenoxy) is 1. The molecule has 0 radical (unpaired) electrons. The van der Waals surface area contributed by atoms with Crippen LogP contribution in [0.3, 0.4) is 0 Å². The Kier molecular flexibility index (Phi) is 1.97. The zero-order valence-corrected chi connectivity index (χ0v) is 10.5. The quantitative estimate of drug-likeness (QED) is 0.684. The van der Waals surface area contributed by atoms with Crippen molar-refractivity contribution in [3.8, 4) is 0 Å². The summed E-state index contributed by atoms with van der Waals surface area (Å²) in [6, 6.07) is 8.05. The van der Waals surface area contributed by atoms with E-state index in [1.165, 1.54) is 0 Å². The van der Waals surface area contributed by atoms with Crippen LogP contribution in [0.4, 0.5) is 5.69 Å². The van der Waals surface area contributed by atoms with Crippen LogP contribution in [0.25, 0.3) is 0 Å². The zero-order valence-electron chi connectivity index (χ0n) is 10.5. The summed E-state index contributed by atoms with van der Waals surface area (Å²) < 4.78 is 5.81. The number of anilines is 1. The van der Waals surface area contributed by atoms with Crippen molar-refractivity contribution in [3.63, 3.8) is 0 Å². The molecule has 0 N–H and O–H groups in total. The Bertz CT molecular complexity index is 495. The van der Waals surface area contributed by atoms with E-state index < -0.39 is 11.0 Å². The number of hydrogen-bond acceptors (Lipinski definition) is 2.